The molecule has 1 fully saturated rings. The molecule has 3 aromatic rings. The smallest absolute Gasteiger partial charge is 0.339 e. The second kappa shape index (κ2) is 6.84. The summed E-state index contributed by atoms with van der Waals surface area (Å²) >= 11 is 0. The summed E-state index contributed by atoms with van der Waals surface area (Å²) in [6.07, 6.45) is 0. The van der Waals surface area contributed by atoms with Crippen molar-refractivity contribution >= 4 is 23.5 Å². The van der Waals surface area contributed by atoms with Gasteiger partial charge >= 0.3 is 5.97 Å². The molecule has 0 unspecified atom stereocenters. The lowest BCUT2D eigenvalue weighted by Crippen LogP contribution is -2.57. The minimum Gasteiger partial charge on any atom is -0.465 e. The SMILES string of the molecule is COC(=O)c1ccccc1N1C(=O)[C@@H]2C3c4ccccc4C([N+](=O)[O-])(c4ccccc43)[C@@H]2C1=O. The van der Waals surface area contributed by atoms with Crippen molar-refractivity contribution in [1.82, 2.24) is 0 Å². The van der Waals surface area contributed by atoms with Crippen molar-refractivity contribution in [3.8, 4) is 0 Å². The van der Waals surface area contributed by atoms with Crippen LogP contribution in [0, 0.1) is 22.0 Å². The van der Waals surface area contributed by atoms with Crippen molar-refractivity contribution in [1.29, 1.82) is 0 Å². The van der Waals surface area contributed by atoms with E-state index in [9.17, 15) is 24.5 Å². The van der Waals surface area contributed by atoms with E-state index >= 15 is 0 Å². The quantitative estimate of drug-likeness (QED) is 0.260. The Hall–Kier alpha value is -4.33. The number of para-hydroxylation sites is 1. The van der Waals surface area contributed by atoms with Gasteiger partial charge in [0.05, 0.1) is 24.3 Å². The van der Waals surface area contributed by atoms with Crippen LogP contribution in [0.2, 0.25) is 0 Å². The van der Waals surface area contributed by atoms with Gasteiger partial charge in [-0.1, -0.05) is 60.7 Å². The number of imide groups is 1. The van der Waals surface area contributed by atoms with Gasteiger partial charge in [0.15, 0.2) is 0 Å². The normalized spacial score (nSPS) is 26.0. The first-order valence-corrected chi connectivity index (χ1v) is 10.8. The van der Waals surface area contributed by atoms with Crippen molar-refractivity contribution in [2.24, 2.45) is 11.8 Å². The maximum atomic E-state index is 14.0. The van der Waals surface area contributed by atoms with Crippen LogP contribution in [0.4, 0.5) is 5.69 Å². The number of benzene rings is 3. The number of nitro groups is 1. The van der Waals surface area contributed by atoms with Crippen LogP contribution in [0.25, 0.3) is 0 Å². The Morgan fingerprint density at radius 2 is 1.47 bits per heavy atom. The van der Waals surface area contributed by atoms with E-state index in [0.29, 0.717) is 22.3 Å². The number of carbonyl (C=O) groups is 3. The molecule has 3 aliphatic carbocycles. The minimum atomic E-state index is -1.91. The van der Waals surface area contributed by atoms with Crippen LogP contribution >= 0.6 is 0 Å². The summed E-state index contributed by atoms with van der Waals surface area (Å²) in [4.78, 5) is 53.8. The Morgan fingerprint density at radius 3 is 2.06 bits per heavy atom. The highest BCUT2D eigenvalue weighted by Gasteiger charge is 2.75. The molecular weight excluding hydrogens is 436 g/mol. The van der Waals surface area contributed by atoms with Crippen LogP contribution in [0.3, 0.4) is 0 Å². The number of methoxy groups -OCH3 is 1. The van der Waals surface area contributed by atoms with Gasteiger partial charge < -0.3 is 4.74 Å². The summed E-state index contributed by atoms with van der Waals surface area (Å²) < 4.78 is 4.84. The van der Waals surface area contributed by atoms with Crippen LogP contribution < -0.4 is 4.90 Å². The number of esters is 1. The molecule has 7 rings (SSSR count). The van der Waals surface area contributed by atoms with E-state index in [4.69, 9.17) is 4.74 Å². The van der Waals surface area contributed by atoms with Crippen molar-refractivity contribution in [3.63, 3.8) is 0 Å². The van der Waals surface area contributed by atoms with E-state index < -0.39 is 46.0 Å². The number of hydrogen-bond donors (Lipinski definition) is 0. The van der Waals surface area contributed by atoms with Gasteiger partial charge in [-0.15, -0.1) is 0 Å². The molecule has 3 aromatic carbocycles. The molecule has 8 heteroatoms. The lowest BCUT2D eigenvalue weighted by atomic mass is 9.51. The highest BCUT2D eigenvalue weighted by Crippen LogP contribution is 2.64. The molecule has 4 aliphatic rings. The monoisotopic (exact) mass is 454 g/mol. The van der Waals surface area contributed by atoms with Crippen LogP contribution in [0.1, 0.15) is 38.5 Å². The Kier molecular flexibility index (Phi) is 4.08. The zero-order valence-corrected chi connectivity index (χ0v) is 18.0. The third-order valence-electron chi connectivity index (χ3n) is 7.41. The molecule has 0 N–H and O–H groups in total. The Bertz CT molecular complexity index is 1380. The van der Waals surface area contributed by atoms with Crippen molar-refractivity contribution in [3.05, 3.63) is 111 Å². The number of anilines is 1. The van der Waals surface area contributed by atoms with Crippen LogP contribution in [-0.4, -0.2) is 29.8 Å². The third-order valence-corrected chi connectivity index (χ3v) is 7.41. The summed E-state index contributed by atoms with van der Waals surface area (Å²) in [5.41, 5.74) is 0.455. The molecule has 1 aliphatic heterocycles. The molecule has 1 saturated heterocycles. The maximum absolute atomic E-state index is 14.0. The van der Waals surface area contributed by atoms with Gasteiger partial charge in [0.2, 0.25) is 11.8 Å². The second-order valence-corrected chi connectivity index (χ2v) is 8.70. The van der Waals surface area contributed by atoms with Crippen LogP contribution in [0.5, 0.6) is 0 Å². The molecule has 2 bridgehead atoms. The molecule has 8 nitrogen and oxygen atoms in total. The number of hydrogen-bond acceptors (Lipinski definition) is 6. The Morgan fingerprint density at radius 1 is 0.912 bits per heavy atom. The fourth-order valence-corrected chi connectivity index (χ4v) is 6.23. The van der Waals surface area contributed by atoms with E-state index in [1.54, 1.807) is 60.7 Å². The first kappa shape index (κ1) is 20.3. The van der Waals surface area contributed by atoms with Gasteiger partial charge in [-0.3, -0.25) is 19.7 Å². The van der Waals surface area contributed by atoms with Crippen LogP contribution in [-0.2, 0) is 19.9 Å². The van der Waals surface area contributed by atoms with E-state index in [-0.39, 0.29) is 11.3 Å². The summed E-state index contributed by atoms with van der Waals surface area (Å²) in [5, 5.41) is 13.0. The molecule has 2 atom stereocenters. The van der Waals surface area contributed by atoms with Gasteiger partial charge in [-0.25, -0.2) is 9.69 Å². The van der Waals surface area contributed by atoms with Crippen molar-refractivity contribution in [2.75, 3.05) is 12.0 Å². The molecule has 0 saturated carbocycles. The van der Waals surface area contributed by atoms with Gasteiger partial charge in [-0.05, 0) is 23.3 Å². The summed E-state index contributed by atoms with van der Waals surface area (Å²) in [5.74, 6) is -4.65. The maximum Gasteiger partial charge on any atom is 0.339 e. The van der Waals surface area contributed by atoms with Crippen molar-refractivity contribution < 1.29 is 24.0 Å². The highest BCUT2D eigenvalue weighted by atomic mass is 16.6. The van der Waals surface area contributed by atoms with Gasteiger partial charge in [0.1, 0.15) is 5.92 Å². The fourth-order valence-electron chi connectivity index (χ4n) is 6.23. The largest absolute Gasteiger partial charge is 0.465 e. The Balaban J connectivity index is 1.65. The summed E-state index contributed by atoms with van der Waals surface area (Å²) in [6.45, 7) is 0. The first-order chi connectivity index (χ1) is 16.4. The third kappa shape index (κ3) is 2.20. The standard InChI is InChI=1S/C26H18N2O6/c1-34-25(31)16-10-4-7-13-19(16)27-23(29)21-20-14-8-2-5-11-17(14)26(28(32)33,22(21)24(27)30)18-12-6-3-9-15(18)20/h2-13,20-22H,1H3/t20?,21-,22+,26?/m1/s1. The average Bonchev–Trinajstić information content (AvgIpc) is 3.13. The van der Waals surface area contributed by atoms with E-state index in [2.05, 4.69) is 0 Å². The topological polar surface area (TPSA) is 107 Å². The number of amides is 2. The lowest BCUT2D eigenvalue weighted by molar-refractivity contribution is -0.578. The zero-order valence-electron chi connectivity index (χ0n) is 18.0. The molecule has 2 amide bonds. The van der Waals surface area contributed by atoms with E-state index in [0.717, 1.165) is 4.90 Å². The van der Waals surface area contributed by atoms with E-state index in [1.165, 1.54) is 19.2 Å². The van der Waals surface area contributed by atoms with Crippen molar-refractivity contribution in [2.45, 2.75) is 11.5 Å². The fraction of sp³-hybridized carbons (Fsp3) is 0.192. The van der Waals surface area contributed by atoms with Gasteiger partial charge in [0.25, 0.3) is 5.54 Å². The number of rotatable bonds is 3. The predicted molar refractivity (Wildman–Crippen MR) is 120 cm³/mol. The molecule has 0 spiro atoms. The van der Waals surface area contributed by atoms with Gasteiger partial charge in [0, 0.05) is 22.0 Å². The predicted octanol–water partition coefficient (Wildman–Crippen LogP) is 3.26. The molecule has 1 heterocycles. The average molecular weight is 454 g/mol. The highest BCUT2D eigenvalue weighted by molar-refractivity contribution is 6.25. The lowest BCUT2D eigenvalue weighted by Gasteiger charge is -2.48. The molecular formula is C26H18N2O6. The first-order valence-electron chi connectivity index (χ1n) is 10.8. The number of nitrogens with zero attached hydrogens (tertiary/aromatic N) is 2. The Labute approximate surface area is 193 Å². The van der Waals surface area contributed by atoms with E-state index in [1.807, 2.05) is 0 Å². The number of ether oxygens (including phenoxy) is 1. The van der Waals surface area contributed by atoms with Gasteiger partial charge in [-0.2, -0.15) is 0 Å². The zero-order chi connectivity index (χ0) is 23.8. The van der Waals surface area contributed by atoms with Crippen LogP contribution in [0.15, 0.2) is 72.8 Å². The second-order valence-electron chi connectivity index (χ2n) is 8.70. The summed E-state index contributed by atoms with van der Waals surface area (Å²) in [6, 6.07) is 20.1. The number of carbonyl (C=O) groups excluding carboxylic acids is 3. The molecule has 0 radical (unpaired) electrons. The minimum absolute atomic E-state index is 0.0443. The molecule has 0 aromatic heterocycles. The molecule has 34 heavy (non-hydrogen) atoms. The molecule has 168 valence electrons. The summed E-state index contributed by atoms with van der Waals surface area (Å²) in [7, 11) is 1.21.